The fraction of sp³-hybridized carbons (Fsp3) is 0.316. The first kappa shape index (κ1) is 40.8. The van der Waals surface area contributed by atoms with Crippen molar-refractivity contribution in [2.75, 3.05) is 20.4 Å². The molecule has 1 aliphatic heterocycles. The molecule has 0 N–H and O–H groups in total. The van der Waals surface area contributed by atoms with E-state index < -0.39 is 118 Å². The summed E-state index contributed by atoms with van der Waals surface area (Å²) in [6.07, 6.45) is -6.52. The number of ether oxygens (including phenoxy) is 2. The number of hydrogen-bond donors (Lipinski definition) is 0. The molecule has 1 fully saturated rings. The van der Waals surface area contributed by atoms with Gasteiger partial charge in [-0.3, -0.25) is 4.79 Å². The highest BCUT2D eigenvalue weighted by atomic mass is 31.2. The van der Waals surface area contributed by atoms with Gasteiger partial charge < -0.3 is 9.47 Å². The van der Waals surface area contributed by atoms with Gasteiger partial charge in [0, 0.05) is 6.16 Å². The average Bonchev–Trinajstić information content (AvgIpc) is 3.10. The first-order valence-electron chi connectivity index (χ1n) is 16.6. The summed E-state index contributed by atoms with van der Waals surface area (Å²) in [7, 11) is -2.23. The minimum atomic E-state index is -4.79. The van der Waals surface area contributed by atoms with Crippen LogP contribution in [0.2, 0.25) is 12.1 Å². The molecule has 0 saturated carbocycles. The van der Waals surface area contributed by atoms with E-state index in [9.17, 15) is 18.4 Å². The molecule has 4 aromatic rings. The Morgan fingerprint density at radius 1 is 0.537 bits per heavy atom. The molecular weight excluding hydrogens is 752 g/mol. The number of carbonyl (C=O) groups excluding carboxylic acids is 2. The van der Waals surface area contributed by atoms with Gasteiger partial charge in [-0.2, -0.15) is 0 Å². The predicted molar refractivity (Wildman–Crippen MR) is 186 cm³/mol. The molecule has 1 aliphatic rings. The molecule has 0 unspecified atom stereocenters. The Balaban J connectivity index is 2.17. The largest absolute Gasteiger partial charge is 0.471 e. The van der Waals surface area contributed by atoms with Gasteiger partial charge in [0.1, 0.15) is 33.9 Å². The highest BCUT2D eigenvalue weighted by Crippen LogP contribution is 2.71. The van der Waals surface area contributed by atoms with Gasteiger partial charge in [-0.1, -0.05) is 35.4 Å². The quantitative estimate of drug-likeness (QED) is 0.0517. The van der Waals surface area contributed by atoms with E-state index in [4.69, 9.17) is 9.47 Å². The Morgan fingerprint density at radius 2 is 0.833 bits per heavy atom. The third-order valence-electron chi connectivity index (χ3n) is 10.9. The van der Waals surface area contributed by atoms with Gasteiger partial charge in [0.25, 0.3) is 5.97 Å². The Morgan fingerprint density at radius 3 is 1.13 bits per heavy atom. The summed E-state index contributed by atoms with van der Waals surface area (Å²) >= 11 is 0. The van der Waals surface area contributed by atoms with E-state index >= 15 is 35.1 Å². The minimum Gasteiger partial charge on any atom is -0.471 e. The van der Waals surface area contributed by atoms with Crippen LogP contribution in [0.5, 0.6) is 0 Å². The number of halogens is 10. The van der Waals surface area contributed by atoms with Crippen LogP contribution < -0.4 is 21.5 Å². The lowest BCUT2D eigenvalue weighted by Crippen LogP contribution is -2.73. The zero-order valence-electron chi connectivity index (χ0n) is 30.3. The molecule has 0 aromatic heterocycles. The van der Waals surface area contributed by atoms with E-state index in [0.29, 0.717) is 40.0 Å². The van der Waals surface area contributed by atoms with E-state index in [-0.39, 0.29) is 0 Å². The maximum Gasteiger partial charge on any atom is 0.345 e. The van der Waals surface area contributed by atoms with Crippen molar-refractivity contribution in [2.45, 2.75) is 59.3 Å². The molecule has 54 heavy (non-hydrogen) atoms. The highest BCUT2D eigenvalue weighted by molar-refractivity contribution is 7.91. The molecule has 0 aliphatic carbocycles. The number of hydrogen-bond acceptors (Lipinski definition) is 4. The average molecular weight is 786 g/mol. The zero-order chi connectivity index (χ0) is 40.5. The van der Waals surface area contributed by atoms with Crippen molar-refractivity contribution in [3.8, 4) is 0 Å². The number of esters is 2. The van der Waals surface area contributed by atoms with Crippen molar-refractivity contribution in [3.63, 3.8) is 0 Å². The van der Waals surface area contributed by atoms with Crippen LogP contribution >= 0.6 is 7.26 Å². The first-order chi connectivity index (χ1) is 25.2. The second kappa shape index (κ2) is 14.4. The van der Waals surface area contributed by atoms with Gasteiger partial charge in [0.2, 0.25) is 0 Å². The van der Waals surface area contributed by atoms with Gasteiger partial charge in [-0.25, -0.2) is 48.7 Å². The number of methoxy groups -OCH3 is 2. The third kappa shape index (κ3) is 5.71. The lowest BCUT2D eigenvalue weighted by molar-refractivity contribution is -0.146. The van der Waals surface area contributed by atoms with Crippen molar-refractivity contribution in [1.82, 2.24) is 0 Å². The summed E-state index contributed by atoms with van der Waals surface area (Å²) in [6, 6.07) is 6.97. The van der Waals surface area contributed by atoms with E-state index in [0.717, 1.165) is 18.2 Å². The van der Waals surface area contributed by atoms with Crippen molar-refractivity contribution >= 4 is 46.9 Å². The molecule has 1 saturated heterocycles. The molecule has 4 nitrogen and oxygen atoms in total. The molecule has 1 heterocycles. The normalized spacial score (nSPS) is 17.7. The van der Waals surface area contributed by atoms with Crippen LogP contribution in [0.3, 0.4) is 0 Å². The molecule has 0 amide bonds. The van der Waals surface area contributed by atoms with Crippen molar-refractivity contribution in [2.24, 2.45) is 0 Å². The summed E-state index contributed by atoms with van der Waals surface area (Å²) < 4.78 is 166. The smallest absolute Gasteiger partial charge is 0.345 e. The molecule has 5 rings (SSSR count). The highest BCUT2D eigenvalue weighted by Gasteiger charge is 2.69. The van der Waals surface area contributed by atoms with Gasteiger partial charge in [0.15, 0.2) is 40.6 Å². The maximum absolute atomic E-state index is 16.3. The molecule has 0 spiro atoms. The summed E-state index contributed by atoms with van der Waals surface area (Å²) in [4.78, 5) is 29.1. The van der Waals surface area contributed by atoms with Crippen LogP contribution in [0.15, 0.2) is 24.3 Å². The molecule has 0 bridgehead atoms. The maximum atomic E-state index is 16.3. The van der Waals surface area contributed by atoms with Crippen molar-refractivity contribution in [3.05, 3.63) is 116 Å². The number of benzene rings is 4. The van der Waals surface area contributed by atoms with Gasteiger partial charge in [-0.15, -0.1) is 17.2 Å². The number of aryl methyl sites for hydroxylation is 6. The predicted octanol–water partition coefficient (Wildman–Crippen LogP) is 7.26. The fourth-order valence-electron chi connectivity index (χ4n) is 9.41. The monoisotopic (exact) mass is 786 g/mol. The van der Waals surface area contributed by atoms with E-state index in [1.54, 1.807) is 65.8 Å². The molecule has 2 atom stereocenters. The second-order valence-corrected chi connectivity index (χ2v) is 17.6. The first-order valence-corrected chi connectivity index (χ1v) is 18.6. The number of rotatable bonds is 6. The minimum absolute atomic E-state index is 0.437. The lowest BCUT2D eigenvalue weighted by Gasteiger charge is -2.56. The van der Waals surface area contributed by atoms with Crippen LogP contribution in [0.1, 0.15) is 33.4 Å². The Hall–Kier alpha value is -4.39. The Labute approximate surface area is 305 Å². The summed E-state index contributed by atoms with van der Waals surface area (Å²) in [5.41, 5.74) is -2.57. The van der Waals surface area contributed by atoms with E-state index in [1.165, 1.54) is 0 Å². The fourth-order valence-corrected chi connectivity index (χ4v) is 15.9. The van der Waals surface area contributed by atoms with E-state index in [2.05, 4.69) is 0 Å². The van der Waals surface area contributed by atoms with Gasteiger partial charge in [0.05, 0.1) is 27.6 Å². The zero-order valence-corrected chi connectivity index (χ0v) is 31.2. The number of carbonyl (C=O) groups is 2. The van der Waals surface area contributed by atoms with Crippen LogP contribution in [0.4, 0.5) is 43.9 Å². The molecule has 0 radical (unpaired) electrons. The van der Waals surface area contributed by atoms with Gasteiger partial charge >= 0.3 is 5.97 Å². The Kier molecular flexibility index (Phi) is 10.8. The summed E-state index contributed by atoms with van der Waals surface area (Å²) in [5, 5.41) is 0.873. The molecule has 16 heteroatoms. The SMILES string of the molecule is COC(=O)[C@@H]1[C@@H](C(=O)OC)[P+](c2c(C)cc(C)cc2C)(c2c(C)cc(C)cc2C)CC[B-]1(c1c(F)c(F)c(F)c(F)c1F)c1c(F)c(F)c(F)c(F)c1F. The molecule has 288 valence electrons. The molecular formula is C38H34BF10O4P. The summed E-state index contributed by atoms with van der Waals surface area (Å²) in [5.74, 6) is -32.4. The van der Waals surface area contributed by atoms with Crippen LogP contribution in [-0.2, 0) is 19.1 Å². The Bertz CT molecular complexity index is 2030. The van der Waals surface area contributed by atoms with Crippen LogP contribution in [0.25, 0.3) is 0 Å². The second-order valence-electron chi connectivity index (χ2n) is 14.0. The standard InChI is InChI=1S/C38H34BF10O4P/c1-15-11-17(3)34(18(4)12-15)54(35-19(5)13-16(2)14-20(35)6)10-9-39(23(37(50)52-7)36(54)38(51)53-8,21-24(40)28(44)32(48)29(45)25(21)41)22-26(42)30(46)33(49)31(47)27(22)43/h11-14,23,36H,9-10H2,1-8H3/t23-,36-/m0/s1. The summed E-state index contributed by atoms with van der Waals surface area (Å²) in [6.45, 7) is 10.3. The van der Waals surface area contributed by atoms with Crippen molar-refractivity contribution < 1.29 is 63.0 Å². The van der Waals surface area contributed by atoms with E-state index in [1.807, 2.05) is 0 Å². The lowest BCUT2D eigenvalue weighted by atomic mass is 9.11. The van der Waals surface area contributed by atoms with Crippen molar-refractivity contribution in [1.29, 1.82) is 0 Å². The van der Waals surface area contributed by atoms with Crippen LogP contribution in [-0.4, -0.2) is 44.1 Å². The van der Waals surface area contributed by atoms with Crippen LogP contribution in [0, 0.1) is 99.7 Å². The van der Waals surface area contributed by atoms with Gasteiger partial charge in [-0.05, 0) is 69.6 Å². The molecule has 4 aromatic carbocycles. The topological polar surface area (TPSA) is 52.6 Å². The third-order valence-corrected chi connectivity index (χ3v) is 16.3.